The van der Waals surface area contributed by atoms with Gasteiger partial charge in [-0.1, -0.05) is 45.0 Å². The van der Waals surface area contributed by atoms with Gasteiger partial charge in [0, 0.05) is 55.8 Å². The van der Waals surface area contributed by atoms with Crippen molar-refractivity contribution in [2.24, 2.45) is 7.05 Å². The van der Waals surface area contributed by atoms with Crippen molar-refractivity contribution >= 4 is 29.0 Å². The molecule has 1 fully saturated rings. The first kappa shape index (κ1) is 31.2. The predicted molar refractivity (Wildman–Crippen MR) is 178 cm³/mol. The summed E-state index contributed by atoms with van der Waals surface area (Å²) in [5.41, 5.74) is 6.00. The van der Waals surface area contributed by atoms with Gasteiger partial charge in [0.25, 0.3) is 17.4 Å². The molecule has 0 spiro atoms. The quantitative estimate of drug-likeness (QED) is 0.322. The van der Waals surface area contributed by atoms with E-state index in [0.29, 0.717) is 78.6 Å². The van der Waals surface area contributed by atoms with Gasteiger partial charge in [0.2, 0.25) is 0 Å². The van der Waals surface area contributed by atoms with Crippen molar-refractivity contribution in [1.82, 2.24) is 14.5 Å². The van der Waals surface area contributed by atoms with Crippen molar-refractivity contribution in [1.29, 1.82) is 0 Å². The summed E-state index contributed by atoms with van der Waals surface area (Å²) in [5.74, 6) is 0.205. The van der Waals surface area contributed by atoms with Crippen LogP contribution in [0.15, 0.2) is 71.8 Å². The molecule has 4 heterocycles. The first-order valence-corrected chi connectivity index (χ1v) is 15.5. The van der Waals surface area contributed by atoms with Crippen LogP contribution >= 0.6 is 0 Å². The maximum absolute atomic E-state index is 13.8. The molecule has 1 saturated heterocycles. The fourth-order valence-electron chi connectivity index (χ4n) is 6.08. The third kappa shape index (κ3) is 6.05. The fourth-order valence-corrected chi connectivity index (χ4v) is 6.08. The first-order valence-electron chi connectivity index (χ1n) is 15.5. The van der Waals surface area contributed by atoms with Crippen molar-refractivity contribution in [3.63, 3.8) is 0 Å². The summed E-state index contributed by atoms with van der Waals surface area (Å²) in [6.45, 7) is 8.78. The number of anilines is 3. The number of aliphatic hydroxyl groups excluding tert-OH is 1. The second kappa shape index (κ2) is 12.5. The summed E-state index contributed by atoms with van der Waals surface area (Å²) < 4.78 is 6.80. The van der Waals surface area contributed by atoms with Crippen LogP contribution in [0, 0.1) is 0 Å². The Bertz CT molecular complexity index is 1850. The molecule has 4 aromatic rings. The molecule has 238 valence electrons. The second-order valence-electron chi connectivity index (χ2n) is 12.8. The number of hydrogen-bond donors (Lipinski definition) is 2. The summed E-state index contributed by atoms with van der Waals surface area (Å²) in [4.78, 5) is 47.6. The van der Waals surface area contributed by atoms with Gasteiger partial charge in [-0.3, -0.25) is 14.4 Å². The number of morpholine rings is 1. The Morgan fingerprint density at radius 1 is 1.00 bits per heavy atom. The Morgan fingerprint density at radius 2 is 1.78 bits per heavy atom. The van der Waals surface area contributed by atoms with Crippen molar-refractivity contribution < 1.29 is 19.4 Å². The first-order chi connectivity index (χ1) is 22.0. The van der Waals surface area contributed by atoms with Gasteiger partial charge < -0.3 is 29.5 Å². The zero-order valence-electron chi connectivity index (χ0n) is 26.7. The van der Waals surface area contributed by atoms with Gasteiger partial charge in [-0.15, -0.1) is 0 Å². The van der Waals surface area contributed by atoms with Crippen LogP contribution in [-0.2, 0) is 30.2 Å². The van der Waals surface area contributed by atoms with E-state index in [-0.39, 0.29) is 35.1 Å². The van der Waals surface area contributed by atoms with Gasteiger partial charge in [-0.05, 0) is 58.9 Å². The summed E-state index contributed by atoms with van der Waals surface area (Å²) in [7, 11) is 1.66. The maximum atomic E-state index is 13.8. The molecule has 0 bridgehead atoms. The molecule has 2 amide bonds. The highest BCUT2D eigenvalue weighted by Crippen LogP contribution is 2.36. The Labute approximate surface area is 268 Å². The topological polar surface area (TPSA) is 117 Å². The Balaban J connectivity index is 1.28. The summed E-state index contributed by atoms with van der Waals surface area (Å²) in [6, 6.07) is 16.7. The lowest BCUT2D eigenvalue weighted by Gasteiger charge is -2.32. The molecule has 6 rings (SSSR count). The Morgan fingerprint density at radius 3 is 2.48 bits per heavy atom. The van der Waals surface area contributed by atoms with E-state index in [0.717, 1.165) is 5.56 Å². The lowest BCUT2D eigenvalue weighted by Crippen LogP contribution is -2.40. The van der Waals surface area contributed by atoms with Crippen LogP contribution in [0.5, 0.6) is 0 Å². The van der Waals surface area contributed by atoms with Crippen LogP contribution in [-0.4, -0.2) is 64.2 Å². The molecule has 0 saturated carbocycles. The molecule has 0 aliphatic carbocycles. The van der Waals surface area contributed by atoms with Crippen LogP contribution in [0.2, 0.25) is 0 Å². The highest BCUT2D eigenvalue weighted by atomic mass is 16.5. The SMILES string of the molecule is Cn1cc(-c2cccc(N3CCc4cc(C(C)(C)C)ccc4C3=O)c2CO)cc(Nc2ccc(C(=O)N3CCOCC3)cn2)c1=O. The van der Waals surface area contributed by atoms with Gasteiger partial charge in [-0.2, -0.15) is 0 Å². The number of aryl methyl sites for hydroxylation is 1. The van der Waals surface area contributed by atoms with E-state index in [2.05, 4.69) is 37.1 Å². The monoisotopic (exact) mass is 621 g/mol. The summed E-state index contributed by atoms with van der Waals surface area (Å²) in [5, 5.41) is 13.7. The van der Waals surface area contributed by atoms with E-state index in [4.69, 9.17) is 4.74 Å². The molecule has 2 aliphatic rings. The number of pyridine rings is 2. The molecule has 10 heteroatoms. The molecule has 2 aromatic carbocycles. The molecule has 0 radical (unpaired) electrons. The zero-order chi connectivity index (χ0) is 32.6. The van der Waals surface area contributed by atoms with Crippen LogP contribution in [0.1, 0.15) is 58.2 Å². The largest absolute Gasteiger partial charge is 0.392 e. The fraction of sp³-hybridized carbons (Fsp3) is 0.333. The third-order valence-corrected chi connectivity index (χ3v) is 8.72. The summed E-state index contributed by atoms with van der Waals surface area (Å²) in [6.07, 6.45) is 3.92. The molecule has 2 N–H and O–H groups in total. The number of rotatable bonds is 6. The second-order valence-corrected chi connectivity index (χ2v) is 12.8. The van der Waals surface area contributed by atoms with Gasteiger partial charge in [0.15, 0.2) is 0 Å². The van der Waals surface area contributed by atoms with Crippen LogP contribution in [0.4, 0.5) is 17.2 Å². The number of hydrogen-bond acceptors (Lipinski definition) is 7. The van der Waals surface area contributed by atoms with Crippen molar-refractivity contribution in [3.05, 3.63) is 105 Å². The Kier molecular flexibility index (Phi) is 8.50. The number of fused-ring (bicyclic) bond motifs is 1. The highest BCUT2D eigenvalue weighted by molar-refractivity contribution is 6.09. The van der Waals surface area contributed by atoms with Gasteiger partial charge >= 0.3 is 0 Å². The normalized spacial score (nSPS) is 15.1. The molecule has 0 atom stereocenters. The summed E-state index contributed by atoms with van der Waals surface area (Å²) >= 11 is 0. The minimum Gasteiger partial charge on any atom is -0.392 e. The van der Waals surface area contributed by atoms with E-state index >= 15 is 0 Å². The predicted octanol–water partition coefficient (Wildman–Crippen LogP) is 4.66. The van der Waals surface area contributed by atoms with Gasteiger partial charge in [0.05, 0.1) is 31.1 Å². The number of nitrogens with one attached hydrogen (secondary N) is 1. The minimum atomic E-state index is -0.295. The van der Waals surface area contributed by atoms with Gasteiger partial charge in [-0.25, -0.2) is 4.98 Å². The Hall–Kier alpha value is -4.80. The number of ether oxygens (including phenoxy) is 1. The van der Waals surface area contributed by atoms with Crippen LogP contribution in [0.25, 0.3) is 11.1 Å². The molecular formula is C36H39N5O5. The molecular weight excluding hydrogens is 582 g/mol. The van der Waals surface area contributed by atoms with Crippen LogP contribution in [0.3, 0.4) is 0 Å². The number of carbonyl (C=O) groups is 2. The number of amides is 2. The standard InChI is InChI=1S/C36H39N5O5/c1-36(2,3)26-9-10-28-23(18-26)12-13-41(34(28)44)31-7-5-6-27(29(31)22-42)25-19-30(35(45)39(4)21-25)38-32-11-8-24(20-37-32)33(43)40-14-16-46-17-15-40/h5-11,18-21,42H,12-17,22H2,1-4H3,(H,37,38). The van der Waals surface area contributed by atoms with Crippen LogP contribution < -0.4 is 15.8 Å². The van der Waals surface area contributed by atoms with E-state index in [1.54, 1.807) is 41.2 Å². The van der Waals surface area contributed by atoms with Crippen molar-refractivity contribution in [3.8, 4) is 11.1 Å². The zero-order valence-corrected chi connectivity index (χ0v) is 26.7. The van der Waals surface area contributed by atoms with E-state index in [1.165, 1.54) is 16.3 Å². The highest BCUT2D eigenvalue weighted by Gasteiger charge is 2.29. The molecule has 0 unspecified atom stereocenters. The molecule has 10 nitrogen and oxygen atoms in total. The number of benzene rings is 2. The average Bonchev–Trinajstić information content (AvgIpc) is 3.06. The minimum absolute atomic E-state index is 0.0152. The number of nitrogens with zero attached hydrogens (tertiary/aromatic N) is 4. The average molecular weight is 622 g/mol. The maximum Gasteiger partial charge on any atom is 0.274 e. The lowest BCUT2D eigenvalue weighted by atomic mass is 9.84. The number of aromatic nitrogens is 2. The molecule has 2 aliphatic heterocycles. The van der Waals surface area contributed by atoms with Crippen molar-refractivity contribution in [2.75, 3.05) is 43.1 Å². The number of aliphatic hydroxyl groups is 1. The van der Waals surface area contributed by atoms with E-state index in [9.17, 15) is 19.5 Å². The van der Waals surface area contributed by atoms with Gasteiger partial charge in [0.1, 0.15) is 11.5 Å². The molecule has 2 aromatic heterocycles. The van der Waals surface area contributed by atoms with Crippen molar-refractivity contribution in [2.45, 2.75) is 39.2 Å². The van der Waals surface area contributed by atoms with E-state index < -0.39 is 0 Å². The smallest absolute Gasteiger partial charge is 0.274 e. The number of carbonyl (C=O) groups excluding carboxylic acids is 2. The molecule has 46 heavy (non-hydrogen) atoms. The lowest BCUT2D eigenvalue weighted by molar-refractivity contribution is 0.0302. The van der Waals surface area contributed by atoms with E-state index in [1.807, 2.05) is 30.3 Å². The third-order valence-electron chi connectivity index (χ3n) is 8.72.